The molecule has 54 heavy (non-hydrogen) atoms. The van der Waals surface area contributed by atoms with Crippen LogP contribution in [0.25, 0.3) is 44.2 Å². The van der Waals surface area contributed by atoms with Crippen molar-refractivity contribution in [2.24, 2.45) is 0 Å². The Morgan fingerprint density at radius 2 is 1.54 bits per heavy atom. The molecule has 0 aliphatic carbocycles. The fourth-order valence-corrected chi connectivity index (χ4v) is 7.31. The molecule has 0 spiro atoms. The van der Waals surface area contributed by atoms with Crippen molar-refractivity contribution in [1.29, 1.82) is 0 Å². The minimum absolute atomic E-state index is 0.143. The minimum atomic E-state index is -0.770. The lowest BCUT2D eigenvalue weighted by atomic mass is 9.99. The Morgan fingerprint density at radius 3 is 2.30 bits per heavy atom. The van der Waals surface area contributed by atoms with Gasteiger partial charge in [-0.15, -0.1) is 0 Å². The van der Waals surface area contributed by atoms with Gasteiger partial charge in [0.05, 0.1) is 56.4 Å². The first kappa shape index (κ1) is 36.4. The molecule has 4 amide bonds. The van der Waals surface area contributed by atoms with Crippen molar-refractivity contribution in [2.45, 2.75) is 57.3 Å². The van der Waals surface area contributed by atoms with Crippen LogP contribution in [0.1, 0.15) is 56.8 Å². The maximum Gasteiger partial charge on any atom is 0.407 e. The summed E-state index contributed by atoms with van der Waals surface area (Å²) in [7, 11) is 2.54. The number of benzene rings is 3. The minimum Gasteiger partial charge on any atom is -0.453 e. The van der Waals surface area contributed by atoms with E-state index in [0.717, 1.165) is 62.9 Å². The number of rotatable bonds is 9. The van der Waals surface area contributed by atoms with E-state index in [1.807, 2.05) is 19.1 Å². The first-order valence-corrected chi connectivity index (χ1v) is 18.1. The van der Waals surface area contributed by atoms with Crippen molar-refractivity contribution in [1.82, 2.24) is 40.4 Å². The molecule has 2 aliphatic rings. The highest BCUT2D eigenvalue weighted by Crippen LogP contribution is 2.34. The second kappa shape index (κ2) is 15.6. The van der Waals surface area contributed by atoms with Crippen molar-refractivity contribution in [3.8, 4) is 22.4 Å². The van der Waals surface area contributed by atoms with Crippen molar-refractivity contribution in [3.63, 3.8) is 0 Å². The lowest BCUT2D eigenvalue weighted by Crippen LogP contribution is -2.52. The molecule has 4 atom stereocenters. The van der Waals surface area contributed by atoms with Gasteiger partial charge < -0.3 is 44.6 Å². The third-order valence-corrected chi connectivity index (χ3v) is 10.2. The van der Waals surface area contributed by atoms with Gasteiger partial charge in [-0.2, -0.15) is 0 Å². The Hall–Kier alpha value is -5.96. The number of morpholine rings is 1. The molecule has 2 aromatic heterocycles. The molecular weight excluding hydrogens is 692 g/mol. The molecule has 15 nitrogen and oxygen atoms in total. The molecule has 4 heterocycles. The average Bonchev–Trinajstić information content (AvgIpc) is 3.99. The van der Waals surface area contributed by atoms with Crippen LogP contribution in [0.2, 0.25) is 0 Å². The number of hydrogen-bond acceptors (Lipinski definition) is 9. The largest absolute Gasteiger partial charge is 0.453 e. The number of nitrogens with zero attached hydrogens (tertiary/aromatic N) is 4. The highest BCUT2D eigenvalue weighted by atomic mass is 16.5. The molecule has 2 aliphatic heterocycles. The lowest BCUT2D eigenvalue weighted by Gasteiger charge is -2.36. The normalized spacial score (nSPS) is 18.4. The van der Waals surface area contributed by atoms with Gasteiger partial charge in [-0.3, -0.25) is 9.59 Å². The lowest BCUT2D eigenvalue weighted by molar-refractivity contribution is -0.142. The zero-order valence-corrected chi connectivity index (χ0v) is 30.7. The fraction of sp³-hybridized carbons (Fsp3) is 0.385. The van der Waals surface area contributed by atoms with E-state index in [0.29, 0.717) is 31.9 Å². The summed E-state index contributed by atoms with van der Waals surface area (Å²) < 4.78 is 15.1. The third kappa shape index (κ3) is 7.31. The molecule has 5 aromatic rings. The number of nitrogens with one attached hydrogen (secondary N) is 4. The van der Waals surface area contributed by atoms with E-state index in [9.17, 15) is 19.2 Å². The molecular formula is C39H44N8O7. The smallest absolute Gasteiger partial charge is 0.407 e. The molecule has 282 valence electrons. The van der Waals surface area contributed by atoms with Crippen molar-refractivity contribution in [2.75, 3.05) is 40.5 Å². The molecule has 2 saturated heterocycles. The van der Waals surface area contributed by atoms with Gasteiger partial charge >= 0.3 is 12.2 Å². The summed E-state index contributed by atoms with van der Waals surface area (Å²) in [5, 5.41) is 7.33. The summed E-state index contributed by atoms with van der Waals surface area (Å²) in [6.45, 7) is 5.12. The molecule has 0 bridgehead atoms. The molecule has 15 heteroatoms. The number of aromatic nitrogens is 4. The topological polar surface area (TPSA) is 184 Å². The van der Waals surface area contributed by atoms with E-state index < -0.39 is 30.3 Å². The molecule has 7 rings (SSSR count). The Labute approximate surface area is 311 Å². The van der Waals surface area contributed by atoms with Gasteiger partial charge in [-0.1, -0.05) is 37.3 Å². The van der Waals surface area contributed by atoms with Gasteiger partial charge in [0.25, 0.3) is 0 Å². The van der Waals surface area contributed by atoms with Crippen LogP contribution in [0, 0.1) is 0 Å². The number of amides is 4. The summed E-state index contributed by atoms with van der Waals surface area (Å²) in [5.74, 6) is 0.944. The predicted octanol–water partition coefficient (Wildman–Crippen LogP) is 5.22. The number of carbonyl (C=O) groups excluding carboxylic acids is 4. The third-order valence-electron chi connectivity index (χ3n) is 10.2. The Bertz CT molecular complexity index is 2200. The zero-order chi connectivity index (χ0) is 37.9. The van der Waals surface area contributed by atoms with E-state index in [2.05, 4.69) is 72.8 Å². The number of hydrogen-bond donors (Lipinski definition) is 4. The first-order chi connectivity index (χ1) is 26.2. The van der Waals surface area contributed by atoms with Crippen LogP contribution < -0.4 is 10.6 Å². The predicted molar refractivity (Wildman–Crippen MR) is 200 cm³/mol. The fourth-order valence-electron chi connectivity index (χ4n) is 7.31. The number of H-pyrrole nitrogens is 2. The summed E-state index contributed by atoms with van der Waals surface area (Å²) in [6.07, 6.45) is 2.59. The van der Waals surface area contributed by atoms with Crippen LogP contribution in [-0.4, -0.2) is 106 Å². The first-order valence-electron chi connectivity index (χ1n) is 18.1. The number of alkyl carbamates (subject to hydrolysis) is 2. The average molecular weight is 737 g/mol. The number of carbonyl (C=O) groups is 4. The van der Waals surface area contributed by atoms with Crippen molar-refractivity contribution < 1.29 is 33.4 Å². The quantitative estimate of drug-likeness (QED) is 0.158. The number of aromatic amines is 2. The molecule has 4 N–H and O–H groups in total. The van der Waals surface area contributed by atoms with Crippen LogP contribution in [0.4, 0.5) is 9.59 Å². The standard InChI is InChI=1S/C39H44N8O7/c1-5-28(45-39(51)53-4)37(49)46-14-6-7-32(46)34-40-20-31(44-34)27-11-10-23-17-24(8-9-25(23)18-27)26-12-13-29-30(19-26)43-35(42-29)33-21-54-16-15-47(33)36(48)22(2)41-38(50)52-3/h8-13,17-20,22,28,32-33H,5-7,14-16,21H2,1-4H3,(H,40,44)(H,41,50)(H,42,43)(H,45,51)/t22?,28-,32-,33-/m0/s1. The maximum absolute atomic E-state index is 13.4. The molecule has 0 radical (unpaired) electrons. The van der Waals surface area contributed by atoms with Crippen molar-refractivity contribution in [3.05, 3.63) is 72.4 Å². The van der Waals surface area contributed by atoms with Crippen LogP contribution in [-0.2, 0) is 23.8 Å². The van der Waals surface area contributed by atoms with Crippen molar-refractivity contribution >= 4 is 45.8 Å². The van der Waals surface area contributed by atoms with Crippen LogP contribution in [0.15, 0.2) is 60.8 Å². The number of likely N-dealkylation sites (tertiary alicyclic amines) is 1. The van der Waals surface area contributed by atoms with Crippen LogP contribution in [0.3, 0.4) is 0 Å². The van der Waals surface area contributed by atoms with Crippen LogP contribution in [0.5, 0.6) is 0 Å². The maximum atomic E-state index is 13.4. The molecule has 2 fully saturated rings. The Kier molecular flexibility index (Phi) is 10.5. The van der Waals surface area contributed by atoms with E-state index in [1.165, 1.54) is 14.2 Å². The summed E-state index contributed by atoms with van der Waals surface area (Å²) in [4.78, 5) is 70.0. The number of fused-ring (bicyclic) bond motifs is 2. The molecule has 1 unspecified atom stereocenters. The summed E-state index contributed by atoms with van der Waals surface area (Å²) >= 11 is 0. The van der Waals surface area contributed by atoms with Gasteiger partial charge in [0, 0.05) is 18.7 Å². The zero-order valence-electron chi connectivity index (χ0n) is 30.7. The van der Waals surface area contributed by atoms with Gasteiger partial charge in [0.2, 0.25) is 11.8 Å². The second-order valence-electron chi connectivity index (χ2n) is 13.6. The molecule has 0 saturated carbocycles. The number of ether oxygens (including phenoxy) is 3. The SMILES string of the molecule is CC[C@H](NC(=O)OC)C(=O)N1CCC[C@H]1c1ncc(-c2ccc3cc(-c4ccc5nc([C@@H]6COCCN6C(=O)C(C)NC(=O)OC)[nH]c5c4)ccc3c2)[nH]1. The monoisotopic (exact) mass is 736 g/mol. The van der Waals surface area contributed by atoms with Gasteiger partial charge in [0.1, 0.15) is 29.8 Å². The number of methoxy groups -OCH3 is 2. The van der Waals surface area contributed by atoms with Crippen LogP contribution >= 0.6 is 0 Å². The number of imidazole rings is 2. The molecule has 3 aromatic carbocycles. The van der Waals surface area contributed by atoms with Gasteiger partial charge in [-0.25, -0.2) is 19.6 Å². The van der Waals surface area contributed by atoms with Gasteiger partial charge in [0.15, 0.2) is 0 Å². The van der Waals surface area contributed by atoms with E-state index in [4.69, 9.17) is 14.5 Å². The Balaban J connectivity index is 1.07. The highest BCUT2D eigenvalue weighted by Gasteiger charge is 2.36. The van der Waals surface area contributed by atoms with E-state index in [-0.39, 0.29) is 24.5 Å². The summed E-state index contributed by atoms with van der Waals surface area (Å²) in [6, 6.07) is 16.6. The van der Waals surface area contributed by atoms with Gasteiger partial charge in [-0.05, 0) is 72.4 Å². The second-order valence-corrected chi connectivity index (χ2v) is 13.6. The Morgan fingerprint density at radius 1 is 0.852 bits per heavy atom. The summed E-state index contributed by atoms with van der Waals surface area (Å²) in [5.41, 5.74) is 5.48. The van der Waals surface area contributed by atoms with E-state index in [1.54, 1.807) is 22.9 Å². The van der Waals surface area contributed by atoms with E-state index >= 15 is 0 Å². The highest BCUT2D eigenvalue weighted by molar-refractivity contribution is 5.92.